The van der Waals surface area contributed by atoms with Crippen LogP contribution in [-0.2, 0) is 6.54 Å². The SMILES string of the molecule is CC[C@@H](O)Cn1cnc2ccccc21. The average molecular weight is 190 g/mol. The zero-order valence-corrected chi connectivity index (χ0v) is 8.22. The standard InChI is InChI=1S/C11H14N2O/c1-2-9(14)7-13-8-12-10-5-3-4-6-11(10)13/h3-6,8-9,14H,2,7H2,1H3/t9-/m1/s1. The minimum atomic E-state index is -0.285. The number of aliphatic hydroxyl groups is 1. The number of benzene rings is 1. The molecule has 2 rings (SSSR count). The quantitative estimate of drug-likeness (QED) is 0.801. The van der Waals surface area contributed by atoms with Gasteiger partial charge in [-0.15, -0.1) is 0 Å². The normalized spacial score (nSPS) is 13.3. The van der Waals surface area contributed by atoms with Crippen LogP contribution in [-0.4, -0.2) is 20.8 Å². The zero-order valence-electron chi connectivity index (χ0n) is 8.22. The molecule has 74 valence electrons. The van der Waals surface area contributed by atoms with Gasteiger partial charge >= 0.3 is 0 Å². The van der Waals surface area contributed by atoms with E-state index >= 15 is 0 Å². The molecule has 14 heavy (non-hydrogen) atoms. The lowest BCUT2D eigenvalue weighted by Gasteiger charge is -2.08. The topological polar surface area (TPSA) is 38.0 Å². The Morgan fingerprint density at radius 2 is 2.21 bits per heavy atom. The van der Waals surface area contributed by atoms with Crippen molar-refractivity contribution in [3.63, 3.8) is 0 Å². The number of aromatic nitrogens is 2. The molecule has 3 heteroatoms. The molecule has 2 aromatic rings. The molecule has 0 spiro atoms. The van der Waals surface area contributed by atoms with E-state index in [1.165, 1.54) is 0 Å². The van der Waals surface area contributed by atoms with Crippen LogP contribution in [0.3, 0.4) is 0 Å². The molecule has 0 radical (unpaired) electrons. The zero-order chi connectivity index (χ0) is 9.97. The van der Waals surface area contributed by atoms with Gasteiger partial charge in [0.2, 0.25) is 0 Å². The Hall–Kier alpha value is -1.35. The van der Waals surface area contributed by atoms with Crippen LogP contribution in [0, 0.1) is 0 Å². The molecule has 0 saturated carbocycles. The Morgan fingerprint density at radius 3 is 3.00 bits per heavy atom. The Balaban J connectivity index is 2.33. The van der Waals surface area contributed by atoms with E-state index < -0.39 is 0 Å². The van der Waals surface area contributed by atoms with Gasteiger partial charge < -0.3 is 9.67 Å². The third-order valence-electron chi connectivity index (χ3n) is 2.41. The summed E-state index contributed by atoms with van der Waals surface area (Å²) < 4.78 is 1.99. The van der Waals surface area contributed by atoms with Crippen LogP contribution in [0.25, 0.3) is 11.0 Å². The molecule has 1 N–H and O–H groups in total. The van der Waals surface area contributed by atoms with Crippen molar-refractivity contribution >= 4 is 11.0 Å². The molecule has 3 nitrogen and oxygen atoms in total. The smallest absolute Gasteiger partial charge is 0.0959 e. The molecule has 1 heterocycles. The fraction of sp³-hybridized carbons (Fsp3) is 0.364. The number of imidazole rings is 1. The molecule has 0 fully saturated rings. The maximum Gasteiger partial charge on any atom is 0.0959 e. The number of hydrogen-bond donors (Lipinski definition) is 1. The van der Waals surface area contributed by atoms with Gasteiger partial charge in [0, 0.05) is 0 Å². The third kappa shape index (κ3) is 1.63. The van der Waals surface area contributed by atoms with E-state index in [-0.39, 0.29) is 6.10 Å². The molecule has 0 bridgehead atoms. The Bertz CT molecular complexity index is 422. The summed E-state index contributed by atoms with van der Waals surface area (Å²) in [6.45, 7) is 2.60. The second-order valence-corrected chi connectivity index (χ2v) is 3.45. The minimum Gasteiger partial charge on any atom is -0.391 e. The number of fused-ring (bicyclic) bond motifs is 1. The lowest BCUT2D eigenvalue weighted by molar-refractivity contribution is 0.151. The fourth-order valence-corrected chi connectivity index (χ4v) is 1.51. The summed E-state index contributed by atoms with van der Waals surface area (Å²) in [7, 11) is 0. The van der Waals surface area contributed by atoms with Crippen molar-refractivity contribution in [3.05, 3.63) is 30.6 Å². The van der Waals surface area contributed by atoms with E-state index in [0.717, 1.165) is 17.5 Å². The van der Waals surface area contributed by atoms with E-state index in [2.05, 4.69) is 4.98 Å². The van der Waals surface area contributed by atoms with Crippen LogP contribution in [0.1, 0.15) is 13.3 Å². The van der Waals surface area contributed by atoms with Crippen molar-refractivity contribution in [2.75, 3.05) is 0 Å². The molecule has 1 aromatic carbocycles. The highest BCUT2D eigenvalue weighted by molar-refractivity contribution is 5.74. The summed E-state index contributed by atoms with van der Waals surface area (Å²) in [5.41, 5.74) is 2.07. The monoisotopic (exact) mass is 190 g/mol. The molecule has 1 aromatic heterocycles. The van der Waals surface area contributed by atoms with E-state index in [1.54, 1.807) is 6.33 Å². The van der Waals surface area contributed by atoms with Crippen LogP contribution in [0.2, 0.25) is 0 Å². The van der Waals surface area contributed by atoms with Crippen LogP contribution in [0.4, 0.5) is 0 Å². The predicted molar refractivity (Wildman–Crippen MR) is 56.0 cm³/mol. The number of rotatable bonds is 3. The Morgan fingerprint density at radius 1 is 1.43 bits per heavy atom. The molecule has 0 aliphatic carbocycles. The van der Waals surface area contributed by atoms with E-state index in [9.17, 15) is 5.11 Å². The van der Waals surface area contributed by atoms with Crippen LogP contribution in [0.5, 0.6) is 0 Å². The Kier molecular flexibility index (Phi) is 2.50. The molecular formula is C11H14N2O. The van der Waals surface area contributed by atoms with E-state index in [0.29, 0.717) is 6.54 Å². The summed E-state index contributed by atoms with van der Waals surface area (Å²) in [5, 5.41) is 9.54. The number of para-hydroxylation sites is 2. The average Bonchev–Trinajstić information content (AvgIpc) is 2.62. The van der Waals surface area contributed by atoms with E-state index in [4.69, 9.17) is 0 Å². The highest BCUT2D eigenvalue weighted by Crippen LogP contribution is 2.12. The van der Waals surface area contributed by atoms with Gasteiger partial charge in [-0.05, 0) is 18.6 Å². The van der Waals surface area contributed by atoms with Crippen molar-refractivity contribution in [2.24, 2.45) is 0 Å². The maximum atomic E-state index is 9.54. The minimum absolute atomic E-state index is 0.285. The summed E-state index contributed by atoms with van der Waals surface area (Å²) in [6.07, 6.45) is 2.27. The summed E-state index contributed by atoms with van der Waals surface area (Å²) in [6, 6.07) is 7.95. The number of nitrogens with zero attached hydrogens (tertiary/aromatic N) is 2. The molecule has 0 unspecified atom stereocenters. The van der Waals surface area contributed by atoms with Crippen LogP contribution >= 0.6 is 0 Å². The fourth-order valence-electron chi connectivity index (χ4n) is 1.51. The molecule has 0 aliphatic rings. The van der Waals surface area contributed by atoms with Gasteiger partial charge in [0.1, 0.15) is 0 Å². The first-order valence-corrected chi connectivity index (χ1v) is 4.89. The van der Waals surface area contributed by atoms with Gasteiger partial charge in [0.05, 0.1) is 30.0 Å². The van der Waals surface area contributed by atoms with Crippen LogP contribution < -0.4 is 0 Å². The maximum absolute atomic E-state index is 9.54. The molecule has 0 amide bonds. The van der Waals surface area contributed by atoms with Gasteiger partial charge in [-0.3, -0.25) is 0 Å². The van der Waals surface area contributed by atoms with Gasteiger partial charge in [0.25, 0.3) is 0 Å². The lowest BCUT2D eigenvalue weighted by Crippen LogP contribution is -2.13. The summed E-state index contributed by atoms with van der Waals surface area (Å²) >= 11 is 0. The summed E-state index contributed by atoms with van der Waals surface area (Å²) in [5.74, 6) is 0. The first-order valence-electron chi connectivity index (χ1n) is 4.89. The highest BCUT2D eigenvalue weighted by atomic mass is 16.3. The van der Waals surface area contributed by atoms with Gasteiger partial charge in [0.15, 0.2) is 0 Å². The first kappa shape index (κ1) is 9.21. The van der Waals surface area contributed by atoms with Crippen molar-refractivity contribution in [3.8, 4) is 0 Å². The second-order valence-electron chi connectivity index (χ2n) is 3.45. The van der Waals surface area contributed by atoms with E-state index in [1.807, 2.05) is 35.8 Å². The van der Waals surface area contributed by atoms with Crippen molar-refractivity contribution in [2.45, 2.75) is 26.0 Å². The van der Waals surface area contributed by atoms with Gasteiger partial charge in [-0.2, -0.15) is 0 Å². The third-order valence-corrected chi connectivity index (χ3v) is 2.41. The summed E-state index contributed by atoms with van der Waals surface area (Å²) in [4.78, 5) is 4.26. The molecule has 0 aliphatic heterocycles. The predicted octanol–water partition coefficient (Wildman–Crippen LogP) is 1.81. The second kappa shape index (κ2) is 3.80. The lowest BCUT2D eigenvalue weighted by atomic mass is 10.2. The molecule has 0 saturated heterocycles. The van der Waals surface area contributed by atoms with Gasteiger partial charge in [-0.1, -0.05) is 19.1 Å². The van der Waals surface area contributed by atoms with Crippen molar-refractivity contribution in [1.29, 1.82) is 0 Å². The highest BCUT2D eigenvalue weighted by Gasteiger charge is 2.05. The van der Waals surface area contributed by atoms with Crippen molar-refractivity contribution in [1.82, 2.24) is 9.55 Å². The molecule has 1 atom stereocenters. The largest absolute Gasteiger partial charge is 0.391 e. The van der Waals surface area contributed by atoms with Crippen molar-refractivity contribution < 1.29 is 5.11 Å². The first-order chi connectivity index (χ1) is 6.81. The van der Waals surface area contributed by atoms with Gasteiger partial charge in [-0.25, -0.2) is 4.98 Å². The number of hydrogen-bond acceptors (Lipinski definition) is 2. The Labute approximate surface area is 83.0 Å². The molecular weight excluding hydrogens is 176 g/mol. The number of aliphatic hydroxyl groups excluding tert-OH is 1. The van der Waals surface area contributed by atoms with Crippen LogP contribution in [0.15, 0.2) is 30.6 Å².